The van der Waals surface area contributed by atoms with Gasteiger partial charge in [-0.3, -0.25) is 14.4 Å². The zero-order valence-corrected chi connectivity index (χ0v) is 17.4. The first-order valence-electron chi connectivity index (χ1n) is 9.07. The fourth-order valence-electron chi connectivity index (χ4n) is 3.60. The van der Waals surface area contributed by atoms with Gasteiger partial charge in [0, 0.05) is 19.1 Å². The number of rotatable bonds is 3. The molecule has 0 aromatic heterocycles. The van der Waals surface area contributed by atoms with Crippen molar-refractivity contribution in [2.75, 3.05) is 6.26 Å². The van der Waals surface area contributed by atoms with Crippen molar-refractivity contribution in [3.05, 3.63) is 12.2 Å². The highest BCUT2D eigenvalue weighted by Gasteiger charge is 2.50. The molecule has 154 valence electrons. The van der Waals surface area contributed by atoms with Gasteiger partial charge in [-0.25, -0.2) is 0 Å². The van der Waals surface area contributed by atoms with Gasteiger partial charge in [0.25, 0.3) is 21.9 Å². The molecule has 3 unspecified atom stereocenters. The minimum atomic E-state index is -3.83. The molecular formula is C18H29NO7S. The van der Waals surface area contributed by atoms with Gasteiger partial charge >= 0.3 is 5.97 Å². The Bertz CT molecular complexity index is 682. The number of esters is 1. The Kier molecular flexibility index (Phi) is 8.16. The molecule has 8 nitrogen and oxygen atoms in total. The van der Waals surface area contributed by atoms with Gasteiger partial charge in [0.05, 0.1) is 6.26 Å². The van der Waals surface area contributed by atoms with E-state index in [4.69, 9.17) is 4.74 Å². The molecule has 2 amide bonds. The monoisotopic (exact) mass is 403 g/mol. The number of carbonyl (C=O) groups excluding carboxylic acids is 3. The number of hydrogen-bond donors (Lipinski definition) is 0. The topological polar surface area (TPSA) is 107 Å². The van der Waals surface area contributed by atoms with Crippen LogP contribution in [0.3, 0.4) is 0 Å². The van der Waals surface area contributed by atoms with Gasteiger partial charge < -0.3 is 4.74 Å². The van der Waals surface area contributed by atoms with Crippen molar-refractivity contribution in [2.24, 2.45) is 11.8 Å². The maximum atomic E-state index is 10.9. The molecule has 3 rings (SSSR count). The second-order valence-electron chi connectivity index (χ2n) is 7.28. The third kappa shape index (κ3) is 7.06. The van der Waals surface area contributed by atoms with Gasteiger partial charge in [-0.05, 0) is 44.4 Å². The van der Waals surface area contributed by atoms with Gasteiger partial charge in [-0.2, -0.15) is 8.42 Å². The Morgan fingerprint density at radius 1 is 1.22 bits per heavy atom. The molecule has 0 saturated heterocycles. The van der Waals surface area contributed by atoms with Crippen LogP contribution in [0, 0.1) is 11.8 Å². The van der Waals surface area contributed by atoms with E-state index in [-0.39, 0.29) is 16.6 Å². The van der Waals surface area contributed by atoms with E-state index in [1.165, 1.54) is 32.6 Å². The fourth-order valence-corrected chi connectivity index (χ4v) is 4.02. The number of hydrogen-bond acceptors (Lipinski definition) is 7. The van der Waals surface area contributed by atoms with Crippen LogP contribution in [0.1, 0.15) is 59.8 Å². The van der Waals surface area contributed by atoms with Gasteiger partial charge in [-0.15, -0.1) is 9.35 Å². The maximum absolute atomic E-state index is 10.9. The number of hydroxylamine groups is 2. The lowest BCUT2D eigenvalue weighted by molar-refractivity contribution is -0.162. The Hall–Kier alpha value is -1.74. The predicted molar refractivity (Wildman–Crippen MR) is 98.5 cm³/mol. The summed E-state index contributed by atoms with van der Waals surface area (Å²) in [5, 5.41) is 0.176. The van der Waals surface area contributed by atoms with Gasteiger partial charge in [-0.1, -0.05) is 20.3 Å². The van der Waals surface area contributed by atoms with E-state index < -0.39 is 21.9 Å². The summed E-state index contributed by atoms with van der Waals surface area (Å²) < 4.78 is 30.4. The Morgan fingerprint density at radius 2 is 1.74 bits per heavy atom. The van der Waals surface area contributed by atoms with Crippen LogP contribution in [0.4, 0.5) is 0 Å². The number of nitrogens with zero attached hydrogens (tertiary/aromatic N) is 1. The molecule has 0 aromatic rings. The highest BCUT2D eigenvalue weighted by atomic mass is 32.2. The lowest BCUT2D eigenvalue weighted by atomic mass is 9.86. The molecule has 2 saturated carbocycles. The third-order valence-corrected chi connectivity index (χ3v) is 4.87. The molecule has 27 heavy (non-hydrogen) atoms. The minimum Gasteiger partial charge on any atom is -0.459 e. The van der Waals surface area contributed by atoms with Crippen LogP contribution in [0.25, 0.3) is 0 Å². The predicted octanol–water partition coefficient (Wildman–Crippen LogP) is 2.35. The molecule has 0 radical (unpaired) electrons. The smallest absolute Gasteiger partial charge is 0.303 e. The summed E-state index contributed by atoms with van der Waals surface area (Å²) in [5.74, 6) is -0.244. The standard InChI is InChI=1S/C10H16O2.C5H5NO5S.C3H8/c1-7(11)12-10(2)6-8-3-4-9(10)5-8;1-12(9,10)11-6-4(7)2-3-5(6)8;1-3-2/h8-9H,3-6H2,1-2H3;2-3H,1H3;3H2,1-2H3. The number of ether oxygens (including phenoxy) is 1. The quantitative estimate of drug-likeness (QED) is 0.526. The van der Waals surface area contributed by atoms with Crippen molar-refractivity contribution >= 4 is 27.9 Å². The minimum absolute atomic E-state index is 0.116. The summed E-state index contributed by atoms with van der Waals surface area (Å²) in [5.41, 5.74) is -0.116. The fraction of sp³-hybridized carbons (Fsp3) is 0.722. The highest BCUT2D eigenvalue weighted by Crippen LogP contribution is 2.52. The SMILES string of the molecule is CC(=O)OC1(C)CC2CCC1C2.CCC.CS(=O)(=O)ON1C(=O)C=CC1=O. The normalized spacial score (nSPS) is 28.4. The molecule has 2 bridgehead atoms. The van der Waals surface area contributed by atoms with Crippen molar-refractivity contribution < 1.29 is 31.8 Å². The van der Waals surface area contributed by atoms with E-state index in [2.05, 4.69) is 25.1 Å². The first kappa shape index (κ1) is 23.3. The van der Waals surface area contributed by atoms with Crippen LogP contribution in [0.5, 0.6) is 0 Å². The summed E-state index contributed by atoms with van der Waals surface area (Å²) >= 11 is 0. The van der Waals surface area contributed by atoms with E-state index in [1.54, 1.807) is 0 Å². The lowest BCUT2D eigenvalue weighted by Gasteiger charge is -2.33. The van der Waals surface area contributed by atoms with E-state index in [1.807, 2.05) is 0 Å². The molecule has 0 N–H and O–H groups in total. The average molecular weight is 403 g/mol. The highest BCUT2D eigenvalue weighted by molar-refractivity contribution is 7.85. The molecule has 1 heterocycles. The molecule has 9 heteroatoms. The van der Waals surface area contributed by atoms with E-state index in [0.717, 1.165) is 30.7 Å². The van der Waals surface area contributed by atoms with Gasteiger partial charge in [0.1, 0.15) is 5.60 Å². The number of amides is 2. The van der Waals surface area contributed by atoms with Crippen molar-refractivity contribution in [3.8, 4) is 0 Å². The summed E-state index contributed by atoms with van der Waals surface area (Å²) in [7, 11) is -3.83. The van der Waals surface area contributed by atoms with Crippen LogP contribution in [-0.4, -0.2) is 43.1 Å². The van der Waals surface area contributed by atoms with Crippen LogP contribution >= 0.6 is 0 Å². The van der Waals surface area contributed by atoms with Crippen LogP contribution < -0.4 is 0 Å². The largest absolute Gasteiger partial charge is 0.459 e. The van der Waals surface area contributed by atoms with Crippen molar-refractivity contribution in [1.82, 2.24) is 5.06 Å². The summed E-state index contributed by atoms with van der Waals surface area (Å²) in [6.45, 7) is 7.86. The molecule has 0 spiro atoms. The second-order valence-corrected chi connectivity index (χ2v) is 8.83. The summed E-state index contributed by atoms with van der Waals surface area (Å²) in [4.78, 5) is 32.2. The maximum Gasteiger partial charge on any atom is 0.303 e. The molecule has 3 atom stereocenters. The zero-order chi connectivity index (χ0) is 20.8. The zero-order valence-electron chi connectivity index (χ0n) is 16.6. The molecule has 0 aromatic carbocycles. The summed E-state index contributed by atoms with van der Waals surface area (Å²) in [6, 6.07) is 0. The van der Waals surface area contributed by atoms with Crippen LogP contribution in [0.2, 0.25) is 0 Å². The summed E-state index contributed by atoms with van der Waals surface area (Å²) in [6.07, 6.45) is 8.82. The average Bonchev–Trinajstić information content (AvgIpc) is 3.17. The Labute approximate surface area is 161 Å². The first-order chi connectivity index (χ1) is 12.4. The van der Waals surface area contributed by atoms with Crippen LogP contribution in [0.15, 0.2) is 12.2 Å². The Balaban J connectivity index is 0.000000236. The number of carbonyl (C=O) groups is 3. The molecule has 1 aliphatic heterocycles. The van der Waals surface area contributed by atoms with E-state index in [9.17, 15) is 22.8 Å². The van der Waals surface area contributed by atoms with Gasteiger partial charge in [0.2, 0.25) is 0 Å². The Morgan fingerprint density at radius 3 is 2.07 bits per heavy atom. The third-order valence-electron chi connectivity index (χ3n) is 4.45. The first-order valence-corrected chi connectivity index (χ1v) is 10.9. The van der Waals surface area contributed by atoms with E-state index in [0.29, 0.717) is 5.92 Å². The van der Waals surface area contributed by atoms with Crippen LogP contribution in [-0.2, 0) is 33.5 Å². The van der Waals surface area contributed by atoms with E-state index >= 15 is 0 Å². The van der Waals surface area contributed by atoms with Crippen molar-refractivity contribution in [1.29, 1.82) is 0 Å². The van der Waals surface area contributed by atoms with Gasteiger partial charge in [0.15, 0.2) is 0 Å². The van der Waals surface area contributed by atoms with Crippen molar-refractivity contribution in [2.45, 2.75) is 65.4 Å². The lowest BCUT2D eigenvalue weighted by Crippen LogP contribution is -2.36. The number of imide groups is 1. The number of fused-ring (bicyclic) bond motifs is 2. The molecule has 3 aliphatic rings. The molecule has 2 fully saturated rings. The molecular weight excluding hydrogens is 374 g/mol. The second kappa shape index (κ2) is 9.45. The molecule has 2 aliphatic carbocycles. The van der Waals surface area contributed by atoms with Crippen molar-refractivity contribution in [3.63, 3.8) is 0 Å².